The first-order valence-corrected chi connectivity index (χ1v) is 10.8. The third-order valence-corrected chi connectivity index (χ3v) is 4.58. The molecule has 0 fully saturated rings. The minimum atomic E-state index is -3.90. The zero-order valence-corrected chi connectivity index (χ0v) is 16.7. The summed E-state index contributed by atoms with van der Waals surface area (Å²) >= 11 is 0. The van der Waals surface area contributed by atoms with Crippen molar-refractivity contribution >= 4 is 10.1 Å². The molecule has 0 rings (SSSR count). The fraction of sp³-hybridized carbons (Fsp3) is 0.889. The maximum absolute atomic E-state index is 9.44. The lowest BCUT2D eigenvalue weighted by Gasteiger charge is -2.39. The van der Waals surface area contributed by atoms with Gasteiger partial charge in [0.25, 0.3) is 10.1 Å². The molecule has 0 radical (unpaired) electrons. The van der Waals surface area contributed by atoms with E-state index in [1.165, 1.54) is 82.0 Å². The van der Waals surface area contributed by atoms with E-state index in [9.17, 15) is 8.42 Å². The van der Waals surface area contributed by atoms with Gasteiger partial charge in [-0.15, -0.1) is 0 Å². The highest BCUT2D eigenvalue weighted by Gasteiger charge is 2.24. The number of nitrogens with zero attached hydrogens (tertiary/aromatic N) is 1. The molecule has 0 amide bonds. The van der Waals surface area contributed by atoms with Crippen molar-refractivity contribution in [3.05, 3.63) is 12.0 Å². The van der Waals surface area contributed by atoms with Gasteiger partial charge in [-0.25, -0.2) is 0 Å². The first kappa shape index (κ1) is 24.9. The monoisotopic (exact) mass is 350 g/mol. The minimum absolute atomic E-state index is 0.465. The van der Waals surface area contributed by atoms with Gasteiger partial charge in [-0.3, -0.25) is 4.55 Å². The summed E-state index contributed by atoms with van der Waals surface area (Å²) in [5.41, 5.74) is 0. The second-order valence-corrected chi connectivity index (χ2v) is 7.70. The summed E-state index contributed by atoms with van der Waals surface area (Å²) in [5, 5.41) is 0.465. The number of quaternary nitrogens is 1. The number of hydrogen-bond donors (Lipinski definition) is 1. The SMILES string of the molecule is C=CS(=O)(=O)O.CCCC[N+](CCCC)(CCCC)CCCC. The van der Waals surface area contributed by atoms with Crippen LogP contribution in [-0.2, 0) is 10.1 Å². The van der Waals surface area contributed by atoms with Gasteiger partial charge >= 0.3 is 0 Å². The summed E-state index contributed by atoms with van der Waals surface area (Å²) in [7, 11) is -3.90. The fourth-order valence-electron chi connectivity index (χ4n) is 2.64. The van der Waals surface area contributed by atoms with Crippen molar-refractivity contribution in [2.75, 3.05) is 26.2 Å². The van der Waals surface area contributed by atoms with Crippen LogP contribution < -0.4 is 0 Å². The van der Waals surface area contributed by atoms with Gasteiger partial charge in [0, 0.05) is 0 Å². The summed E-state index contributed by atoms with van der Waals surface area (Å²) in [4.78, 5) is 0. The van der Waals surface area contributed by atoms with Crippen molar-refractivity contribution < 1.29 is 17.5 Å². The molecule has 0 aliphatic heterocycles. The highest BCUT2D eigenvalue weighted by Crippen LogP contribution is 2.16. The molecule has 0 aliphatic rings. The maximum Gasteiger partial charge on any atom is 0.287 e. The predicted molar refractivity (Wildman–Crippen MR) is 101 cm³/mol. The number of rotatable bonds is 13. The van der Waals surface area contributed by atoms with Crippen molar-refractivity contribution in [3.63, 3.8) is 0 Å². The predicted octanol–water partition coefficient (Wildman–Crippen LogP) is 5.02. The average Bonchev–Trinajstić information content (AvgIpc) is 2.53. The molecule has 23 heavy (non-hydrogen) atoms. The molecule has 0 saturated heterocycles. The standard InChI is InChI=1S/C16H36N.C2H4O3S/c1-5-9-13-17(14-10-6-2,15-11-7-3)16-12-8-4;1-2-6(3,4)5/h5-16H2,1-4H3;2H,1H2,(H,3,4,5)/q+1;. The Balaban J connectivity index is 0. The molecule has 0 aliphatic carbocycles. The second kappa shape index (κ2) is 15.2. The largest absolute Gasteiger partial charge is 0.324 e. The van der Waals surface area contributed by atoms with E-state index in [2.05, 4.69) is 34.3 Å². The van der Waals surface area contributed by atoms with E-state index in [1.807, 2.05) is 0 Å². The Morgan fingerprint density at radius 2 is 1.00 bits per heavy atom. The van der Waals surface area contributed by atoms with Crippen LogP contribution in [0.2, 0.25) is 0 Å². The van der Waals surface area contributed by atoms with Gasteiger partial charge in [0.15, 0.2) is 0 Å². The van der Waals surface area contributed by atoms with Crippen LogP contribution in [-0.4, -0.2) is 43.6 Å². The highest BCUT2D eigenvalue weighted by molar-refractivity contribution is 7.88. The van der Waals surface area contributed by atoms with Gasteiger partial charge in [0.2, 0.25) is 0 Å². The van der Waals surface area contributed by atoms with Crippen molar-refractivity contribution in [3.8, 4) is 0 Å². The van der Waals surface area contributed by atoms with Crippen molar-refractivity contribution in [1.82, 2.24) is 0 Å². The molecule has 0 spiro atoms. The quantitative estimate of drug-likeness (QED) is 0.375. The molecule has 0 saturated carbocycles. The molecule has 0 aromatic rings. The van der Waals surface area contributed by atoms with Gasteiger partial charge in [-0.1, -0.05) is 60.0 Å². The zero-order valence-electron chi connectivity index (χ0n) is 15.9. The lowest BCUT2D eigenvalue weighted by molar-refractivity contribution is -0.929. The van der Waals surface area contributed by atoms with Crippen LogP contribution in [0.1, 0.15) is 79.1 Å². The van der Waals surface area contributed by atoms with E-state index in [0.29, 0.717) is 5.41 Å². The molecule has 0 unspecified atom stereocenters. The lowest BCUT2D eigenvalue weighted by Crippen LogP contribution is -2.50. The average molecular weight is 351 g/mol. The van der Waals surface area contributed by atoms with Crippen molar-refractivity contribution in [2.24, 2.45) is 0 Å². The van der Waals surface area contributed by atoms with Crippen LogP contribution in [0, 0.1) is 0 Å². The molecule has 5 heteroatoms. The van der Waals surface area contributed by atoms with Crippen LogP contribution in [0.25, 0.3) is 0 Å². The Bertz CT molecular complexity index is 317. The van der Waals surface area contributed by atoms with E-state index >= 15 is 0 Å². The van der Waals surface area contributed by atoms with Gasteiger partial charge in [-0.05, 0) is 25.7 Å². The van der Waals surface area contributed by atoms with Crippen LogP contribution >= 0.6 is 0 Å². The molecule has 0 aromatic carbocycles. The summed E-state index contributed by atoms with van der Waals surface area (Å²) in [6.07, 6.45) is 11.1. The summed E-state index contributed by atoms with van der Waals surface area (Å²) < 4.78 is 28.0. The first-order chi connectivity index (χ1) is 10.8. The Hall–Kier alpha value is -0.390. The molecule has 0 atom stereocenters. The van der Waals surface area contributed by atoms with Crippen molar-refractivity contribution in [1.29, 1.82) is 0 Å². The van der Waals surface area contributed by atoms with Crippen molar-refractivity contribution in [2.45, 2.75) is 79.1 Å². The van der Waals surface area contributed by atoms with E-state index in [-0.39, 0.29) is 0 Å². The van der Waals surface area contributed by atoms with Gasteiger partial charge in [-0.2, -0.15) is 8.42 Å². The Morgan fingerprint density at radius 1 is 0.783 bits per heavy atom. The van der Waals surface area contributed by atoms with E-state index in [1.54, 1.807) is 0 Å². The highest BCUT2D eigenvalue weighted by atomic mass is 32.2. The van der Waals surface area contributed by atoms with E-state index in [4.69, 9.17) is 4.55 Å². The topological polar surface area (TPSA) is 54.4 Å². The normalized spacial score (nSPS) is 11.7. The van der Waals surface area contributed by atoms with Crippen LogP contribution in [0.4, 0.5) is 0 Å². The summed E-state index contributed by atoms with van der Waals surface area (Å²) in [6, 6.07) is 0. The third kappa shape index (κ3) is 16.3. The molecule has 1 N–H and O–H groups in total. The first-order valence-electron chi connectivity index (χ1n) is 9.25. The molecule has 0 aromatic heterocycles. The Kier molecular flexibility index (Phi) is 16.4. The second-order valence-electron chi connectivity index (χ2n) is 6.33. The Labute approximate surface area is 145 Å². The van der Waals surface area contributed by atoms with E-state index < -0.39 is 10.1 Å². The molecule has 140 valence electrons. The number of unbranched alkanes of at least 4 members (excludes halogenated alkanes) is 4. The molecular weight excluding hydrogens is 310 g/mol. The fourth-order valence-corrected chi connectivity index (χ4v) is 2.64. The smallest absolute Gasteiger partial charge is 0.287 e. The van der Waals surface area contributed by atoms with Gasteiger partial charge < -0.3 is 4.48 Å². The van der Waals surface area contributed by atoms with Crippen LogP contribution in [0.15, 0.2) is 12.0 Å². The summed E-state index contributed by atoms with van der Waals surface area (Å²) in [5.74, 6) is 0. The third-order valence-electron chi connectivity index (χ3n) is 4.15. The zero-order chi connectivity index (χ0) is 18.2. The van der Waals surface area contributed by atoms with Gasteiger partial charge in [0.05, 0.1) is 31.6 Å². The van der Waals surface area contributed by atoms with Crippen LogP contribution in [0.5, 0.6) is 0 Å². The van der Waals surface area contributed by atoms with E-state index in [0.717, 1.165) is 0 Å². The van der Waals surface area contributed by atoms with Crippen LogP contribution in [0.3, 0.4) is 0 Å². The summed E-state index contributed by atoms with van der Waals surface area (Å²) in [6.45, 7) is 17.8. The lowest BCUT2D eigenvalue weighted by atomic mass is 10.1. The minimum Gasteiger partial charge on any atom is -0.324 e. The molecular formula is C18H40NO3S+. The molecule has 4 nitrogen and oxygen atoms in total. The van der Waals surface area contributed by atoms with Gasteiger partial charge in [0.1, 0.15) is 0 Å². The number of hydrogen-bond acceptors (Lipinski definition) is 2. The molecule has 0 heterocycles. The maximum atomic E-state index is 9.44. The Morgan fingerprint density at radius 3 is 1.13 bits per heavy atom. The molecule has 0 bridgehead atoms.